The standard InChI is InChI=1S/C14H22N4O/c1-9-12(15)16-13(11-3-4-11)17-14(9)18-6-5-10(7-18)8-19-2/h10-11H,3-8H2,1-2H3,(H2,15,16,17). The van der Waals surface area contributed by atoms with Crippen LogP contribution in [-0.4, -0.2) is 36.8 Å². The van der Waals surface area contributed by atoms with E-state index in [1.165, 1.54) is 12.8 Å². The van der Waals surface area contributed by atoms with Crippen molar-refractivity contribution in [2.24, 2.45) is 5.92 Å². The average Bonchev–Trinajstić information content (AvgIpc) is 3.14. The predicted molar refractivity (Wildman–Crippen MR) is 75.4 cm³/mol. The van der Waals surface area contributed by atoms with Crippen LogP contribution in [0.3, 0.4) is 0 Å². The van der Waals surface area contributed by atoms with Crippen LogP contribution in [0.5, 0.6) is 0 Å². The lowest BCUT2D eigenvalue weighted by molar-refractivity contribution is 0.161. The van der Waals surface area contributed by atoms with E-state index >= 15 is 0 Å². The number of methoxy groups -OCH3 is 1. The molecule has 5 heteroatoms. The summed E-state index contributed by atoms with van der Waals surface area (Å²) >= 11 is 0. The minimum absolute atomic E-state index is 0.541. The minimum Gasteiger partial charge on any atom is -0.384 e. The number of aromatic nitrogens is 2. The molecule has 1 aliphatic heterocycles. The number of nitrogens with two attached hydrogens (primary N) is 1. The second-order valence-electron chi connectivity index (χ2n) is 5.75. The molecule has 1 saturated heterocycles. The van der Waals surface area contributed by atoms with Crippen LogP contribution in [0.4, 0.5) is 11.6 Å². The first-order valence-corrected chi connectivity index (χ1v) is 7.07. The fraction of sp³-hybridized carbons (Fsp3) is 0.714. The summed E-state index contributed by atoms with van der Waals surface area (Å²) in [4.78, 5) is 11.5. The first kappa shape index (κ1) is 12.7. The Balaban J connectivity index is 1.83. The first-order valence-electron chi connectivity index (χ1n) is 7.07. The Morgan fingerprint density at radius 2 is 2.11 bits per heavy atom. The maximum absolute atomic E-state index is 6.05. The van der Waals surface area contributed by atoms with Gasteiger partial charge >= 0.3 is 0 Å². The van der Waals surface area contributed by atoms with Gasteiger partial charge in [-0.2, -0.15) is 0 Å². The molecule has 3 rings (SSSR count). The van der Waals surface area contributed by atoms with Gasteiger partial charge in [0.05, 0.1) is 6.61 Å². The third-order valence-electron chi connectivity index (χ3n) is 4.11. The lowest BCUT2D eigenvalue weighted by atomic mass is 10.1. The molecule has 104 valence electrons. The topological polar surface area (TPSA) is 64.3 Å². The van der Waals surface area contributed by atoms with Gasteiger partial charge in [-0.3, -0.25) is 0 Å². The molecule has 1 aromatic rings. The van der Waals surface area contributed by atoms with E-state index in [0.717, 1.165) is 43.3 Å². The molecule has 1 atom stereocenters. The van der Waals surface area contributed by atoms with Crippen molar-refractivity contribution >= 4 is 11.6 Å². The van der Waals surface area contributed by atoms with Crippen LogP contribution in [-0.2, 0) is 4.74 Å². The lowest BCUT2D eigenvalue weighted by Crippen LogP contribution is -2.24. The van der Waals surface area contributed by atoms with Crippen LogP contribution in [0.25, 0.3) is 0 Å². The fourth-order valence-corrected chi connectivity index (χ4v) is 2.77. The Labute approximate surface area is 114 Å². The van der Waals surface area contributed by atoms with Gasteiger partial charge < -0.3 is 15.4 Å². The summed E-state index contributed by atoms with van der Waals surface area (Å²) in [7, 11) is 1.77. The summed E-state index contributed by atoms with van der Waals surface area (Å²) in [5, 5.41) is 0. The zero-order valence-electron chi connectivity index (χ0n) is 11.7. The molecule has 2 N–H and O–H groups in total. The average molecular weight is 262 g/mol. The van der Waals surface area contributed by atoms with E-state index in [0.29, 0.717) is 17.7 Å². The summed E-state index contributed by atoms with van der Waals surface area (Å²) in [5.41, 5.74) is 7.06. The quantitative estimate of drug-likeness (QED) is 0.895. The Hall–Kier alpha value is -1.36. The minimum atomic E-state index is 0.541. The number of hydrogen-bond donors (Lipinski definition) is 1. The molecule has 2 aliphatic rings. The molecule has 2 heterocycles. The van der Waals surface area contributed by atoms with Crippen LogP contribution in [0, 0.1) is 12.8 Å². The third kappa shape index (κ3) is 2.52. The summed E-state index contributed by atoms with van der Waals surface area (Å²) in [6, 6.07) is 0. The SMILES string of the molecule is COCC1CCN(c2nc(C3CC3)nc(N)c2C)C1. The van der Waals surface area contributed by atoms with Crippen molar-refractivity contribution in [1.29, 1.82) is 0 Å². The van der Waals surface area contributed by atoms with Crippen molar-refractivity contribution in [3.63, 3.8) is 0 Å². The normalized spacial score (nSPS) is 23.1. The van der Waals surface area contributed by atoms with E-state index in [-0.39, 0.29) is 0 Å². The number of rotatable bonds is 4. The molecule has 1 saturated carbocycles. The second kappa shape index (κ2) is 4.96. The highest BCUT2D eigenvalue weighted by Gasteiger charge is 2.30. The smallest absolute Gasteiger partial charge is 0.137 e. The van der Waals surface area contributed by atoms with Crippen LogP contribution >= 0.6 is 0 Å². The Morgan fingerprint density at radius 1 is 1.32 bits per heavy atom. The van der Waals surface area contributed by atoms with Gasteiger partial charge in [-0.15, -0.1) is 0 Å². The van der Waals surface area contributed by atoms with E-state index in [9.17, 15) is 0 Å². The monoisotopic (exact) mass is 262 g/mol. The lowest BCUT2D eigenvalue weighted by Gasteiger charge is -2.21. The van der Waals surface area contributed by atoms with Gasteiger partial charge in [0, 0.05) is 37.6 Å². The van der Waals surface area contributed by atoms with Gasteiger partial charge in [-0.25, -0.2) is 9.97 Å². The molecular weight excluding hydrogens is 240 g/mol. The van der Waals surface area contributed by atoms with Crippen molar-refractivity contribution in [3.05, 3.63) is 11.4 Å². The molecule has 0 aromatic carbocycles. The molecule has 1 aromatic heterocycles. The highest BCUT2D eigenvalue weighted by Crippen LogP contribution is 2.40. The zero-order valence-corrected chi connectivity index (χ0v) is 11.7. The van der Waals surface area contributed by atoms with Gasteiger partial charge in [0.25, 0.3) is 0 Å². The molecule has 0 radical (unpaired) electrons. The van der Waals surface area contributed by atoms with E-state index in [1.807, 2.05) is 6.92 Å². The molecule has 2 fully saturated rings. The summed E-state index contributed by atoms with van der Waals surface area (Å²) in [5.74, 6) is 3.76. The van der Waals surface area contributed by atoms with Crippen LogP contribution in [0.1, 0.15) is 36.6 Å². The molecule has 19 heavy (non-hydrogen) atoms. The van der Waals surface area contributed by atoms with E-state index in [4.69, 9.17) is 15.5 Å². The zero-order chi connectivity index (χ0) is 13.4. The molecule has 0 amide bonds. The van der Waals surface area contributed by atoms with Crippen LogP contribution in [0.2, 0.25) is 0 Å². The van der Waals surface area contributed by atoms with Crippen molar-refractivity contribution in [1.82, 2.24) is 9.97 Å². The first-order chi connectivity index (χ1) is 9.19. The van der Waals surface area contributed by atoms with Crippen LogP contribution in [0.15, 0.2) is 0 Å². The highest BCUT2D eigenvalue weighted by atomic mass is 16.5. The van der Waals surface area contributed by atoms with Gasteiger partial charge in [-0.1, -0.05) is 0 Å². The molecule has 1 aliphatic carbocycles. The van der Waals surface area contributed by atoms with Gasteiger partial charge in [0.15, 0.2) is 0 Å². The summed E-state index contributed by atoms with van der Waals surface area (Å²) in [6.45, 7) is 4.89. The molecule has 0 bridgehead atoms. The molecule has 1 unspecified atom stereocenters. The Bertz CT molecular complexity index is 473. The number of anilines is 2. The van der Waals surface area contributed by atoms with Gasteiger partial charge in [-0.05, 0) is 26.2 Å². The largest absolute Gasteiger partial charge is 0.384 e. The number of ether oxygens (including phenoxy) is 1. The van der Waals surface area contributed by atoms with Crippen LogP contribution < -0.4 is 10.6 Å². The van der Waals surface area contributed by atoms with Crippen molar-refractivity contribution in [3.8, 4) is 0 Å². The van der Waals surface area contributed by atoms with Gasteiger partial charge in [0.2, 0.25) is 0 Å². The number of hydrogen-bond acceptors (Lipinski definition) is 5. The second-order valence-corrected chi connectivity index (χ2v) is 5.75. The molecule has 5 nitrogen and oxygen atoms in total. The van der Waals surface area contributed by atoms with Crippen molar-refractivity contribution in [2.75, 3.05) is 37.4 Å². The molecular formula is C14H22N4O. The maximum Gasteiger partial charge on any atom is 0.137 e. The maximum atomic E-state index is 6.05. The number of nitrogen functional groups attached to an aromatic ring is 1. The van der Waals surface area contributed by atoms with Gasteiger partial charge in [0.1, 0.15) is 17.5 Å². The fourth-order valence-electron chi connectivity index (χ4n) is 2.77. The van der Waals surface area contributed by atoms with E-state index < -0.39 is 0 Å². The Morgan fingerprint density at radius 3 is 2.79 bits per heavy atom. The van der Waals surface area contributed by atoms with Crippen molar-refractivity contribution < 1.29 is 4.74 Å². The highest BCUT2D eigenvalue weighted by molar-refractivity contribution is 5.57. The predicted octanol–water partition coefficient (Wildman–Crippen LogP) is 1.72. The Kier molecular flexibility index (Phi) is 3.31. The van der Waals surface area contributed by atoms with Crippen molar-refractivity contribution in [2.45, 2.75) is 32.1 Å². The summed E-state index contributed by atoms with van der Waals surface area (Å²) < 4.78 is 5.25. The van der Waals surface area contributed by atoms with E-state index in [2.05, 4.69) is 9.88 Å². The van der Waals surface area contributed by atoms with E-state index in [1.54, 1.807) is 7.11 Å². The molecule has 0 spiro atoms. The number of nitrogens with zero attached hydrogens (tertiary/aromatic N) is 3. The third-order valence-corrected chi connectivity index (χ3v) is 4.11. The summed E-state index contributed by atoms with van der Waals surface area (Å²) in [6.07, 6.45) is 3.57.